The van der Waals surface area contributed by atoms with Crippen molar-refractivity contribution < 1.29 is 0 Å². The first-order chi connectivity index (χ1) is 7.91. The van der Waals surface area contributed by atoms with Crippen LogP contribution >= 0.6 is 0 Å². The predicted octanol–water partition coefficient (Wildman–Crippen LogP) is 3.12. The molecule has 2 unspecified atom stereocenters. The molecule has 2 aliphatic heterocycles. The van der Waals surface area contributed by atoms with Gasteiger partial charge in [-0.05, 0) is 73.4 Å². The molecule has 2 atom stereocenters. The molecule has 17 heavy (non-hydrogen) atoms. The second-order valence-corrected chi connectivity index (χ2v) is 7.11. The van der Waals surface area contributed by atoms with E-state index in [4.69, 9.17) is 0 Å². The first-order valence-electron chi connectivity index (χ1n) is 7.44. The lowest BCUT2D eigenvalue weighted by Gasteiger charge is -2.54. The Labute approximate surface area is 107 Å². The van der Waals surface area contributed by atoms with Gasteiger partial charge >= 0.3 is 0 Å². The average Bonchev–Trinajstić information content (AvgIpc) is 2.26. The number of hydrogen-bond acceptors (Lipinski definition) is 2. The summed E-state index contributed by atoms with van der Waals surface area (Å²) in [6.07, 6.45) is 5.58. The molecular formula is C15H30N2. The maximum atomic E-state index is 2.77. The molecule has 100 valence electrons. The zero-order valence-electron chi connectivity index (χ0n) is 12.4. The Hall–Kier alpha value is -0.0800. The minimum absolute atomic E-state index is 0.337. The Kier molecular flexibility index (Phi) is 3.84. The van der Waals surface area contributed by atoms with Crippen LogP contribution in [-0.2, 0) is 0 Å². The predicted molar refractivity (Wildman–Crippen MR) is 74.3 cm³/mol. The number of rotatable bonds is 1. The molecular weight excluding hydrogens is 208 g/mol. The van der Waals surface area contributed by atoms with E-state index >= 15 is 0 Å². The third-order valence-electron chi connectivity index (χ3n) is 4.61. The summed E-state index contributed by atoms with van der Waals surface area (Å²) in [5.74, 6) is 0. The van der Waals surface area contributed by atoms with Crippen LogP contribution in [0.4, 0.5) is 0 Å². The quantitative estimate of drug-likeness (QED) is 0.692. The van der Waals surface area contributed by atoms with Crippen LogP contribution in [0.25, 0.3) is 0 Å². The van der Waals surface area contributed by atoms with E-state index in [0.29, 0.717) is 11.6 Å². The summed E-state index contributed by atoms with van der Waals surface area (Å²) in [6.45, 7) is 14.5. The Morgan fingerprint density at radius 1 is 0.941 bits per heavy atom. The minimum Gasteiger partial charge on any atom is -0.296 e. The molecule has 2 heteroatoms. The normalized spacial score (nSPS) is 32.8. The van der Waals surface area contributed by atoms with Crippen molar-refractivity contribution >= 4 is 0 Å². The van der Waals surface area contributed by atoms with Gasteiger partial charge in [0.25, 0.3) is 0 Å². The molecule has 2 aliphatic rings. The van der Waals surface area contributed by atoms with Crippen molar-refractivity contribution in [3.63, 3.8) is 0 Å². The fourth-order valence-electron chi connectivity index (χ4n) is 3.89. The van der Waals surface area contributed by atoms with Gasteiger partial charge in [-0.15, -0.1) is 0 Å². The summed E-state index contributed by atoms with van der Waals surface area (Å²) >= 11 is 0. The van der Waals surface area contributed by atoms with Crippen LogP contribution in [0.15, 0.2) is 0 Å². The van der Waals surface area contributed by atoms with Gasteiger partial charge in [0.05, 0.1) is 0 Å². The first kappa shape index (κ1) is 13.4. The standard InChI is InChI=1S/C15H30N2/c1-12(2)16-10-6-9-14-13(16)8-7-11-17(14)15(3,4)5/h12-14H,6-11H2,1-5H3. The molecule has 0 aromatic rings. The first-order valence-corrected chi connectivity index (χ1v) is 7.44. The summed E-state index contributed by atoms with van der Waals surface area (Å²) in [5, 5.41) is 0. The Morgan fingerprint density at radius 2 is 1.53 bits per heavy atom. The summed E-state index contributed by atoms with van der Waals surface area (Å²) in [4.78, 5) is 5.53. The van der Waals surface area contributed by atoms with E-state index in [9.17, 15) is 0 Å². The second-order valence-electron chi connectivity index (χ2n) is 7.11. The largest absolute Gasteiger partial charge is 0.296 e. The van der Waals surface area contributed by atoms with Gasteiger partial charge < -0.3 is 0 Å². The third kappa shape index (κ3) is 2.68. The van der Waals surface area contributed by atoms with Gasteiger partial charge in [0, 0.05) is 23.7 Å². The van der Waals surface area contributed by atoms with Crippen LogP contribution in [0.5, 0.6) is 0 Å². The van der Waals surface area contributed by atoms with Crippen molar-refractivity contribution in [3.8, 4) is 0 Å². The zero-order chi connectivity index (χ0) is 12.6. The van der Waals surface area contributed by atoms with Gasteiger partial charge in [-0.1, -0.05) is 0 Å². The lowest BCUT2D eigenvalue weighted by molar-refractivity contribution is -0.0471. The summed E-state index contributed by atoms with van der Waals surface area (Å²) in [5.41, 5.74) is 0.337. The Bertz CT molecular complexity index is 254. The Balaban J connectivity index is 2.16. The summed E-state index contributed by atoms with van der Waals surface area (Å²) in [7, 11) is 0. The van der Waals surface area contributed by atoms with Crippen molar-refractivity contribution in [2.45, 2.75) is 84.0 Å². The van der Waals surface area contributed by atoms with E-state index in [0.717, 1.165) is 12.1 Å². The van der Waals surface area contributed by atoms with E-state index in [2.05, 4.69) is 44.4 Å². The highest BCUT2D eigenvalue weighted by Gasteiger charge is 2.41. The van der Waals surface area contributed by atoms with Gasteiger partial charge in [0.2, 0.25) is 0 Å². The lowest BCUT2D eigenvalue weighted by atomic mass is 9.84. The SMILES string of the molecule is CC(C)N1CCCC2C1CCCN2C(C)(C)C. The van der Waals surface area contributed by atoms with Crippen LogP contribution in [-0.4, -0.2) is 46.6 Å². The molecule has 0 spiro atoms. The topological polar surface area (TPSA) is 6.48 Å². The summed E-state index contributed by atoms with van der Waals surface area (Å²) < 4.78 is 0. The molecule has 2 fully saturated rings. The van der Waals surface area contributed by atoms with Crippen molar-refractivity contribution in [2.75, 3.05) is 13.1 Å². The molecule has 0 saturated carbocycles. The number of hydrogen-bond donors (Lipinski definition) is 0. The zero-order valence-corrected chi connectivity index (χ0v) is 12.4. The van der Waals surface area contributed by atoms with E-state index in [1.54, 1.807) is 0 Å². The van der Waals surface area contributed by atoms with Gasteiger partial charge in [-0.25, -0.2) is 0 Å². The molecule has 0 bridgehead atoms. The van der Waals surface area contributed by atoms with Crippen molar-refractivity contribution in [2.24, 2.45) is 0 Å². The molecule has 0 aromatic heterocycles. The van der Waals surface area contributed by atoms with Crippen LogP contribution in [0, 0.1) is 0 Å². The second kappa shape index (κ2) is 4.89. The molecule has 0 N–H and O–H groups in total. The Morgan fingerprint density at radius 3 is 2.12 bits per heavy atom. The average molecular weight is 238 g/mol. The van der Waals surface area contributed by atoms with Crippen molar-refractivity contribution in [1.29, 1.82) is 0 Å². The van der Waals surface area contributed by atoms with Gasteiger partial charge in [-0.3, -0.25) is 9.80 Å². The van der Waals surface area contributed by atoms with E-state index in [1.165, 1.54) is 38.8 Å². The maximum Gasteiger partial charge on any atom is 0.0257 e. The molecule has 0 radical (unpaired) electrons. The van der Waals surface area contributed by atoms with Gasteiger partial charge in [0.1, 0.15) is 0 Å². The number of likely N-dealkylation sites (tertiary alicyclic amines) is 2. The van der Waals surface area contributed by atoms with Gasteiger partial charge in [-0.2, -0.15) is 0 Å². The van der Waals surface area contributed by atoms with Crippen molar-refractivity contribution in [3.05, 3.63) is 0 Å². The minimum atomic E-state index is 0.337. The fourth-order valence-corrected chi connectivity index (χ4v) is 3.89. The van der Waals surface area contributed by atoms with E-state index < -0.39 is 0 Å². The highest BCUT2D eigenvalue weighted by Crippen LogP contribution is 2.34. The lowest BCUT2D eigenvalue weighted by Crippen LogP contribution is -2.63. The highest BCUT2D eigenvalue weighted by atomic mass is 15.3. The number of nitrogens with zero attached hydrogens (tertiary/aromatic N) is 2. The molecule has 2 saturated heterocycles. The van der Waals surface area contributed by atoms with Crippen LogP contribution in [0.2, 0.25) is 0 Å². The third-order valence-corrected chi connectivity index (χ3v) is 4.61. The molecule has 0 amide bonds. The van der Waals surface area contributed by atoms with Crippen LogP contribution < -0.4 is 0 Å². The van der Waals surface area contributed by atoms with Crippen molar-refractivity contribution in [1.82, 2.24) is 9.80 Å². The maximum absolute atomic E-state index is 2.77. The molecule has 0 aliphatic carbocycles. The molecule has 2 heterocycles. The van der Waals surface area contributed by atoms with E-state index in [-0.39, 0.29) is 0 Å². The van der Waals surface area contributed by atoms with E-state index in [1.807, 2.05) is 0 Å². The molecule has 2 rings (SSSR count). The summed E-state index contributed by atoms with van der Waals surface area (Å²) in [6, 6.07) is 2.33. The molecule has 2 nitrogen and oxygen atoms in total. The highest BCUT2D eigenvalue weighted by molar-refractivity contribution is 4.98. The van der Waals surface area contributed by atoms with Gasteiger partial charge in [0.15, 0.2) is 0 Å². The fraction of sp³-hybridized carbons (Fsp3) is 1.00. The molecule has 0 aromatic carbocycles. The van der Waals surface area contributed by atoms with Crippen LogP contribution in [0.3, 0.4) is 0 Å². The number of piperidine rings is 2. The smallest absolute Gasteiger partial charge is 0.0257 e. The van der Waals surface area contributed by atoms with Crippen LogP contribution in [0.1, 0.15) is 60.3 Å². The number of fused-ring (bicyclic) bond motifs is 1. The monoisotopic (exact) mass is 238 g/mol.